The van der Waals surface area contributed by atoms with Crippen LogP contribution in [0.3, 0.4) is 0 Å². The van der Waals surface area contributed by atoms with E-state index in [1.807, 2.05) is 55.3 Å². The number of aromatic nitrogens is 2. The maximum Gasteiger partial charge on any atom is 0.253 e. The molecule has 1 saturated heterocycles. The van der Waals surface area contributed by atoms with Gasteiger partial charge in [-0.1, -0.05) is 12.1 Å². The standard InChI is InChI=1S/C26H28N4O2/c1-18-5-8-24(29-16-18)21-13-22(15-23(14-21)26(32)30-11-3-4-12-30)25(31)27-10-9-20-7-6-19(2)28-17-20/h5-8,13-17H,3-4,9-12H2,1-2H3,(H,27,31). The molecular weight excluding hydrogens is 400 g/mol. The zero-order chi connectivity index (χ0) is 22.5. The largest absolute Gasteiger partial charge is 0.352 e. The lowest BCUT2D eigenvalue weighted by Gasteiger charge is -2.17. The first kappa shape index (κ1) is 21.7. The maximum absolute atomic E-state index is 13.1. The van der Waals surface area contributed by atoms with Crippen molar-refractivity contribution >= 4 is 11.8 Å². The van der Waals surface area contributed by atoms with Gasteiger partial charge in [0.15, 0.2) is 0 Å². The van der Waals surface area contributed by atoms with E-state index in [1.165, 1.54) is 0 Å². The molecule has 4 rings (SSSR count). The quantitative estimate of drug-likeness (QED) is 0.645. The minimum atomic E-state index is -0.200. The Hall–Kier alpha value is -3.54. The Kier molecular flexibility index (Phi) is 6.59. The van der Waals surface area contributed by atoms with Crippen LogP contribution in [-0.2, 0) is 6.42 Å². The monoisotopic (exact) mass is 428 g/mol. The van der Waals surface area contributed by atoms with Crippen LogP contribution in [-0.4, -0.2) is 46.3 Å². The SMILES string of the molecule is Cc1ccc(-c2cc(C(=O)NCCc3ccc(C)nc3)cc(C(=O)N3CCCC3)c2)nc1. The molecule has 1 fully saturated rings. The van der Waals surface area contributed by atoms with Gasteiger partial charge in [-0.15, -0.1) is 0 Å². The highest BCUT2D eigenvalue weighted by Crippen LogP contribution is 2.23. The molecule has 0 radical (unpaired) electrons. The molecule has 0 atom stereocenters. The van der Waals surface area contributed by atoms with Crippen molar-refractivity contribution < 1.29 is 9.59 Å². The Bertz CT molecular complexity index is 1100. The third-order valence-electron chi connectivity index (χ3n) is 5.71. The number of rotatable bonds is 6. The highest BCUT2D eigenvalue weighted by molar-refractivity contribution is 6.01. The molecule has 1 N–H and O–H groups in total. The summed E-state index contributed by atoms with van der Waals surface area (Å²) >= 11 is 0. The number of amides is 2. The molecule has 6 heteroatoms. The molecule has 3 aromatic rings. The van der Waals surface area contributed by atoms with Gasteiger partial charge in [-0.25, -0.2) is 0 Å². The van der Waals surface area contributed by atoms with Gasteiger partial charge in [-0.2, -0.15) is 0 Å². The summed E-state index contributed by atoms with van der Waals surface area (Å²) in [4.78, 5) is 36.6. The molecule has 164 valence electrons. The average Bonchev–Trinajstić information content (AvgIpc) is 3.35. The number of aryl methyl sites for hydroxylation is 2. The average molecular weight is 429 g/mol. The lowest BCUT2D eigenvalue weighted by atomic mass is 10.0. The van der Waals surface area contributed by atoms with E-state index >= 15 is 0 Å². The number of nitrogens with zero attached hydrogens (tertiary/aromatic N) is 3. The molecule has 1 aliphatic rings. The summed E-state index contributed by atoms with van der Waals surface area (Å²) in [5, 5.41) is 2.97. The van der Waals surface area contributed by atoms with Gasteiger partial charge in [-0.05, 0) is 74.6 Å². The van der Waals surface area contributed by atoms with Crippen LogP contribution in [0.1, 0.15) is 50.4 Å². The number of pyridine rings is 2. The zero-order valence-corrected chi connectivity index (χ0v) is 18.6. The Morgan fingerprint density at radius 2 is 1.72 bits per heavy atom. The van der Waals surface area contributed by atoms with E-state index in [1.54, 1.807) is 18.3 Å². The molecule has 0 bridgehead atoms. The molecule has 2 amide bonds. The molecular formula is C26H28N4O2. The fourth-order valence-corrected chi connectivity index (χ4v) is 3.84. The van der Waals surface area contributed by atoms with Crippen molar-refractivity contribution in [3.8, 4) is 11.3 Å². The summed E-state index contributed by atoms with van der Waals surface area (Å²) in [5.41, 5.74) is 5.60. The van der Waals surface area contributed by atoms with E-state index < -0.39 is 0 Å². The molecule has 2 aromatic heterocycles. The number of hydrogen-bond acceptors (Lipinski definition) is 4. The van der Waals surface area contributed by atoms with E-state index in [0.717, 1.165) is 54.0 Å². The second-order valence-electron chi connectivity index (χ2n) is 8.33. The lowest BCUT2D eigenvalue weighted by Crippen LogP contribution is -2.29. The van der Waals surface area contributed by atoms with E-state index in [9.17, 15) is 9.59 Å². The Morgan fingerprint density at radius 1 is 0.938 bits per heavy atom. The summed E-state index contributed by atoms with van der Waals surface area (Å²) in [6, 6.07) is 13.2. The van der Waals surface area contributed by atoms with Gasteiger partial charge in [0.2, 0.25) is 0 Å². The lowest BCUT2D eigenvalue weighted by molar-refractivity contribution is 0.0793. The summed E-state index contributed by atoms with van der Waals surface area (Å²) in [7, 11) is 0. The predicted molar refractivity (Wildman–Crippen MR) is 125 cm³/mol. The number of hydrogen-bond donors (Lipinski definition) is 1. The molecule has 0 saturated carbocycles. The zero-order valence-electron chi connectivity index (χ0n) is 18.6. The van der Waals surface area contributed by atoms with E-state index in [4.69, 9.17) is 0 Å². The van der Waals surface area contributed by atoms with Crippen LogP contribution < -0.4 is 5.32 Å². The van der Waals surface area contributed by atoms with Crippen molar-refractivity contribution in [2.24, 2.45) is 0 Å². The third kappa shape index (κ3) is 5.19. The molecule has 0 aliphatic carbocycles. The van der Waals surface area contributed by atoms with E-state index in [-0.39, 0.29) is 11.8 Å². The van der Waals surface area contributed by atoms with Gasteiger partial charge in [0.25, 0.3) is 11.8 Å². The van der Waals surface area contributed by atoms with Crippen molar-refractivity contribution in [3.63, 3.8) is 0 Å². The van der Waals surface area contributed by atoms with Gasteiger partial charge in [-0.3, -0.25) is 19.6 Å². The number of likely N-dealkylation sites (tertiary alicyclic amines) is 1. The van der Waals surface area contributed by atoms with E-state index in [2.05, 4.69) is 15.3 Å². The second kappa shape index (κ2) is 9.73. The molecule has 1 aromatic carbocycles. The van der Waals surface area contributed by atoms with Gasteiger partial charge < -0.3 is 10.2 Å². The summed E-state index contributed by atoms with van der Waals surface area (Å²) < 4.78 is 0. The minimum Gasteiger partial charge on any atom is -0.352 e. The molecule has 3 heterocycles. The molecule has 1 aliphatic heterocycles. The minimum absolute atomic E-state index is 0.0313. The van der Waals surface area contributed by atoms with Crippen molar-refractivity contribution in [1.29, 1.82) is 0 Å². The van der Waals surface area contributed by atoms with Crippen molar-refractivity contribution in [1.82, 2.24) is 20.2 Å². The molecule has 0 unspecified atom stereocenters. The van der Waals surface area contributed by atoms with Crippen molar-refractivity contribution in [2.75, 3.05) is 19.6 Å². The topological polar surface area (TPSA) is 75.2 Å². The number of nitrogens with one attached hydrogen (secondary N) is 1. The fraction of sp³-hybridized carbons (Fsp3) is 0.308. The number of carbonyl (C=O) groups excluding carboxylic acids is 2. The third-order valence-corrected chi connectivity index (χ3v) is 5.71. The van der Waals surface area contributed by atoms with Crippen LogP contribution in [0.2, 0.25) is 0 Å². The summed E-state index contributed by atoms with van der Waals surface area (Å²) in [6.07, 6.45) is 6.35. The molecule has 32 heavy (non-hydrogen) atoms. The number of carbonyl (C=O) groups is 2. The van der Waals surface area contributed by atoms with Crippen LogP contribution in [0.25, 0.3) is 11.3 Å². The number of benzene rings is 1. The molecule has 0 spiro atoms. The van der Waals surface area contributed by atoms with Crippen LogP contribution in [0.15, 0.2) is 54.9 Å². The van der Waals surface area contributed by atoms with Gasteiger partial charge in [0.05, 0.1) is 5.69 Å². The first-order valence-electron chi connectivity index (χ1n) is 11.1. The van der Waals surface area contributed by atoms with Crippen molar-refractivity contribution in [3.05, 3.63) is 82.8 Å². The Labute approximate surface area is 188 Å². The predicted octanol–water partition coefficient (Wildman–Crippen LogP) is 3.97. The maximum atomic E-state index is 13.1. The first-order chi connectivity index (χ1) is 15.5. The normalized spacial score (nSPS) is 13.2. The Balaban J connectivity index is 1.56. The van der Waals surface area contributed by atoms with Gasteiger partial charge in [0, 0.05) is 54.4 Å². The highest BCUT2D eigenvalue weighted by atomic mass is 16.2. The van der Waals surface area contributed by atoms with Gasteiger partial charge in [0.1, 0.15) is 0 Å². The Morgan fingerprint density at radius 3 is 2.41 bits per heavy atom. The van der Waals surface area contributed by atoms with Crippen LogP contribution in [0.5, 0.6) is 0 Å². The van der Waals surface area contributed by atoms with Crippen molar-refractivity contribution in [2.45, 2.75) is 33.1 Å². The van der Waals surface area contributed by atoms with Crippen LogP contribution in [0, 0.1) is 13.8 Å². The van der Waals surface area contributed by atoms with E-state index in [0.29, 0.717) is 24.1 Å². The molecule has 6 nitrogen and oxygen atoms in total. The first-order valence-corrected chi connectivity index (χ1v) is 11.1. The highest BCUT2D eigenvalue weighted by Gasteiger charge is 2.21. The summed E-state index contributed by atoms with van der Waals surface area (Å²) in [5.74, 6) is -0.231. The second-order valence-corrected chi connectivity index (χ2v) is 8.33. The smallest absolute Gasteiger partial charge is 0.253 e. The van der Waals surface area contributed by atoms with Crippen LogP contribution >= 0.6 is 0 Å². The van der Waals surface area contributed by atoms with Crippen LogP contribution in [0.4, 0.5) is 0 Å². The summed E-state index contributed by atoms with van der Waals surface area (Å²) in [6.45, 7) is 5.94. The van der Waals surface area contributed by atoms with Gasteiger partial charge >= 0.3 is 0 Å². The fourth-order valence-electron chi connectivity index (χ4n) is 3.84.